The molecule has 0 saturated carbocycles. The predicted octanol–water partition coefficient (Wildman–Crippen LogP) is 3.71. The number of rotatable bonds is 6. The second kappa shape index (κ2) is 8.06. The van der Waals surface area contributed by atoms with Crippen LogP contribution in [0.15, 0.2) is 54.4 Å². The Morgan fingerprint density at radius 3 is 2.84 bits per heavy atom. The maximum atomic E-state index is 13.7. The van der Waals surface area contributed by atoms with Crippen LogP contribution >= 0.6 is 11.6 Å². The van der Waals surface area contributed by atoms with Gasteiger partial charge < -0.3 is 14.4 Å². The quantitative estimate of drug-likeness (QED) is 0.530. The van der Waals surface area contributed by atoms with Gasteiger partial charge in [0.2, 0.25) is 11.8 Å². The molecule has 32 heavy (non-hydrogen) atoms. The molecule has 3 aromatic rings. The number of aromatic nitrogens is 4. The van der Waals surface area contributed by atoms with Crippen LogP contribution in [0.1, 0.15) is 11.4 Å². The summed E-state index contributed by atoms with van der Waals surface area (Å²) in [5.41, 5.74) is 4.51. The van der Waals surface area contributed by atoms with Crippen LogP contribution in [0.5, 0.6) is 5.88 Å². The van der Waals surface area contributed by atoms with Gasteiger partial charge in [-0.05, 0) is 35.9 Å². The fourth-order valence-electron chi connectivity index (χ4n) is 4.57. The van der Waals surface area contributed by atoms with Gasteiger partial charge in [-0.1, -0.05) is 17.7 Å². The standard InChI is InChI=1S/C23H21ClFN5O2/c1-31-13-20-27-28-22(30(20)17-6-8-21(32-2)26-11-17)29-12-15-4-3-9-23(15,14-29)18-7-5-16(25)10-19(18)24/h4-11,15H,12-14H2,1-2H3/t15-,23-/m0/s1. The van der Waals surface area contributed by atoms with Crippen molar-refractivity contribution in [2.24, 2.45) is 5.92 Å². The van der Waals surface area contributed by atoms with Crippen LogP contribution in [0.4, 0.5) is 10.3 Å². The summed E-state index contributed by atoms with van der Waals surface area (Å²) < 4.78 is 26.2. The molecule has 164 valence electrons. The minimum Gasteiger partial charge on any atom is -0.481 e. The number of benzene rings is 1. The molecule has 1 fully saturated rings. The highest BCUT2D eigenvalue weighted by Gasteiger charge is 2.49. The second-order valence-electron chi connectivity index (χ2n) is 7.87. The third kappa shape index (κ3) is 3.28. The molecular formula is C23H21ClFN5O2. The van der Waals surface area contributed by atoms with Crippen molar-refractivity contribution in [3.8, 4) is 11.6 Å². The first kappa shape index (κ1) is 20.7. The second-order valence-corrected chi connectivity index (χ2v) is 8.28. The van der Waals surface area contributed by atoms with Gasteiger partial charge >= 0.3 is 0 Å². The molecule has 5 rings (SSSR count). The Kier molecular flexibility index (Phi) is 5.21. The number of halogens is 2. The maximum Gasteiger partial charge on any atom is 0.232 e. The van der Waals surface area contributed by atoms with E-state index in [0.29, 0.717) is 42.4 Å². The first-order valence-electron chi connectivity index (χ1n) is 10.1. The SMILES string of the molecule is COCc1nnc(N2C[C@@H]3C=C=C[C@]3(c3ccc(F)cc3Cl)C2)n1-c1ccc(OC)nc1. The van der Waals surface area contributed by atoms with E-state index in [-0.39, 0.29) is 11.7 Å². The summed E-state index contributed by atoms with van der Waals surface area (Å²) in [6.45, 7) is 1.58. The Morgan fingerprint density at radius 1 is 1.25 bits per heavy atom. The molecule has 1 aromatic carbocycles. The highest BCUT2D eigenvalue weighted by molar-refractivity contribution is 6.31. The summed E-state index contributed by atoms with van der Waals surface area (Å²) in [5.74, 6) is 1.62. The summed E-state index contributed by atoms with van der Waals surface area (Å²) >= 11 is 6.48. The van der Waals surface area contributed by atoms with Crippen LogP contribution in [0, 0.1) is 11.7 Å². The van der Waals surface area contributed by atoms with Crippen molar-refractivity contribution >= 4 is 17.5 Å². The number of hydrogen-bond acceptors (Lipinski definition) is 6. The van der Waals surface area contributed by atoms with Crippen molar-refractivity contribution in [3.05, 3.63) is 76.6 Å². The van der Waals surface area contributed by atoms with Gasteiger partial charge in [0.05, 0.1) is 19.0 Å². The molecule has 7 nitrogen and oxygen atoms in total. The van der Waals surface area contributed by atoms with Crippen LogP contribution in [0.3, 0.4) is 0 Å². The number of methoxy groups -OCH3 is 2. The smallest absolute Gasteiger partial charge is 0.232 e. The van der Waals surface area contributed by atoms with E-state index in [1.807, 2.05) is 22.8 Å². The van der Waals surface area contributed by atoms with E-state index in [1.54, 1.807) is 32.5 Å². The average Bonchev–Trinajstić information content (AvgIpc) is 3.46. The van der Waals surface area contributed by atoms with Gasteiger partial charge in [0, 0.05) is 42.6 Å². The van der Waals surface area contributed by atoms with E-state index in [9.17, 15) is 4.39 Å². The zero-order valence-electron chi connectivity index (χ0n) is 17.6. The number of hydrogen-bond donors (Lipinski definition) is 0. The van der Waals surface area contributed by atoms with Gasteiger partial charge in [-0.2, -0.15) is 0 Å². The Hall–Kier alpha value is -3.19. The molecule has 2 aliphatic rings. The van der Waals surface area contributed by atoms with Gasteiger partial charge in [0.25, 0.3) is 0 Å². The lowest BCUT2D eigenvalue weighted by atomic mass is 9.75. The topological polar surface area (TPSA) is 65.3 Å². The fraction of sp³-hybridized carbons (Fsp3) is 0.304. The van der Waals surface area contributed by atoms with Crippen molar-refractivity contribution in [2.75, 3.05) is 32.2 Å². The van der Waals surface area contributed by atoms with Gasteiger partial charge in [0.15, 0.2) is 5.82 Å². The van der Waals surface area contributed by atoms with Crippen LogP contribution in [-0.2, 0) is 16.8 Å². The van der Waals surface area contributed by atoms with E-state index < -0.39 is 5.41 Å². The molecule has 3 heterocycles. The molecule has 0 spiro atoms. The minimum absolute atomic E-state index is 0.121. The third-order valence-electron chi connectivity index (χ3n) is 6.06. The monoisotopic (exact) mass is 453 g/mol. The molecule has 2 atom stereocenters. The molecule has 1 aliphatic heterocycles. The summed E-state index contributed by atoms with van der Waals surface area (Å²) in [5, 5.41) is 9.25. The van der Waals surface area contributed by atoms with Gasteiger partial charge in [0.1, 0.15) is 12.4 Å². The predicted molar refractivity (Wildman–Crippen MR) is 118 cm³/mol. The number of fused-ring (bicyclic) bond motifs is 1. The van der Waals surface area contributed by atoms with E-state index in [4.69, 9.17) is 21.1 Å². The lowest BCUT2D eigenvalue weighted by Crippen LogP contribution is -2.32. The molecule has 1 aliphatic carbocycles. The van der Waals surface area contributed by atoms with E-state index in [2.05, 4.69) is 25.8 Å². The molecule has 0 radical (unpaired) electrons. The summed E-state index contributed by atoms with van der Waals surface area (Å²) in [7, 11) is 3.19. The Balaban J connectivity index is 1.55. The summed E-state index contributed by atoms with van der Waals surface area (Å²) in [6, 6.07) is 8.27. The average molecular weight is 454 g/mol. The van der Waals surface area contributed by atoms with Crippen molar-refractivity contribution < 1.29 is 13.9 Å². The zero-order valence-corrected chi connectivity index (χ0v) is 18.4. The number of ether oxygens (including phenoxy) is 2. The largest absolute Gasteiger partial charge is 0.481 e. The molecule has 0 bridgehead atoms. The number of nitrogens with zero attached hydrogens (tertiary/aromatic N) is 5. The number of anilines is 1. The van der Waals surface area contributed by atoms with Gasteiger partial charge in [-0.25, -0.2) is 9.37 Å². The maximum absolute atomic E-state index is 13.7. The minimum atomic E-state index is -0.416. The van der Waals surface area contributed by atoms with Crippen molar-refractivity contribution in [1.29, 1.82) is 0 Å². The Morgan fingerprint density at radius 2 is 2.12 bits per heavy atom. The highest BCUT2D eigenvalue weighted by Crippen LogP contribution is 2.47. The highest BCUT2D eigenvalue weighted by atomic mass is 35.5. The molecular weight excluding hydrogens is 433 g/mol. The summed E-state index contributed by atoms with van der Waals surface area (Å²) in [6.07, 6.45) is 5.79. The normalized spacial score (nSPS) is 21.4. The lowest BCUT2D eigenvalue weighted by Gasteiger charge is -2.28. The molecule has 0 N–H and O–H groups in total. The fourth-order valence-corrected chi connectivity index (χ4v) is 4.91. The third-order valence-corrected chi connectivity index (χ3v) is 6.37. The van der Waals surface area contributed by atoms with E-state index >= 15 is 0 Å². The summed E-state index contributed by atoms with van der Waals surface area (Å²) in [4.78, 5) is 6.49. The van der Waals surface area contributed by atoms with Gasteiger partial charge in [-0.15, -0.1) is 15.9 Å². The van der Waals surface area contributed by atoms with Crippen LogP contribution < -0.4 is 9.64 Å². The van der Waals surface area contributed by atoms with Gasteiger partial charge in [-0.3, -0.25) is 4.57 Å². The molecule has 1 saturated heterocycles. The molecule has 9 heteroatoms. The van der Waals surface area contributed by atoms with Crippen LogP contribution in [0.25, 0.3) is 5.69 Å². The lowest BCUT2D eigenvalue weighted by molar-refractivity contribution is 0.176. The van der Waals surface area contributed by atoms with E-state index in [0.717, 1.165) is 11.3 Å². The van der Waals surface area contributed by atoms with E-state index in [1.165, 1.54) is 12.1 Å². The Labute approximate surface area is 189 Å². The Bertz CT molecular complexity index is 1220. The molecule has 2 aromatic heterocycles. The first-order valence-corrected chi connectivity index (χ1v) is 10.5. The van der Waals surface area contributed by atoms with Crippen LogP contribution in [-0.4, -0.2) is 47.1 Å². The first-order chi connectivity index (χ1) is 15.6. The van der Waals surface area contributed by atoms with Crippen LogP contribution in [0.2, 0.25) is 5.02 Å². The van der Waals surface area contributed by atoms with Crippen molar-refractivity contribution in [1.82, 2.24) is 19.7 Å². The zero-order chi connectivity index (χ0) is 22.3. The van der Waals surface area contributed by atoms with Crippen molar-refractivity contribution in [2.45, 2.75) is 12.0 Å². The number of pyridine rings is 1. The van der Waals surface area contributed by atoms with Crippen molar-refractivity contribution in [3.63, 3.8) is 0 Å². The molecule has 0 amide bonds. The molecule has 0 unspecified atom stereocenters.